The lowest BCUT2D eigenvalue weighted by Crippen LogP contribution is -2.43. The van der Waals surface area contributed by atoms with Gasteiger partial charge in [0.25, 0.3) is 5.91 Å². The Hall–Kier alpha value is -2.30. The second-order valence-electron chi connectivity index (χ2n) is 6.84. The van der Waals surface area contributed by atoms with E-state index in [0.29, 0.717) is 19.0 Å². The molecule has 0 spiro atoms. The minimum atomic E-state index is -0.502. The van der Waals surface area contributed by atoms with Crippen LogP contribution in [0.25, 0.3) is 0 Å². The molecule has 1 atom stereocenters. The predicted molar refractivity (Wildman–Crippen MR) is 93.1 cm³/mol. The van der Waals surface area contributed by atoms with E-state index in [9.17, 15) is 4.79 Å². The highest BCUT2D eigenvalue weighted by Gasteiger charge is 2.27. The van der Waals surface area contributed by atoms with Gasteiger partial charge in [-0.3, -0.25) is 9.89 Å². The third-order valence-corrected chi connectivity index (χ3v) is 4.55. The van der Waals surface area contributed by atoms with E-state index in [1.165, 1.54) is 0 Å². The number of benzene rings is 1. The molecule has 0 bridgehead atoms. The number of carbonyl (C=O) groups is 1. The molecule has 24 heavy (non-hydrogen) atoms. The van der Waals surface area contributed by atoms with Crippen molar-refractivity contribution in [2.45, 2.75) is 52.7 Å². The van der Waals surface area contributed by atoms with E-state index in [2.05, 4.69) is 36.2 Å². The number of ether oxygens (including phenoxy) is 1. The molecule has 1 N–H and O–H groups in total. The predicted octanol–water partition coefficient (Wildman–Crippen LogP) is 3.19. The van der Waals surface area contributed by atoms with Crippen LogP contribution < -0.4 is 4.74 Å². The zero-order chi connectivity index (χ0) is 17.3. The van der Waals surface area contributed by atoms with Crippen molar-refractivity contribution in [2.24, 2.45) is 0 Å². The number of aryl methyl sites for hydroxylation is 1. The first kappa shape index (κ1) is 16.6. The van der Waals surface area contributed by atoms with E-state index in [-0.39, 0.29) is 5.91 Å². The van der Waals surface area contributed by atoms with Crippen LogP contribution in [0.5, 0.6) is 5.75 Å². The molecule has 1 aliphatic heterocycles. The van der Waals surface area contributed by atoms with Gasteiger partial charge in [-0.2, -0.15) is 5.10 Å². The molecule has 1 aliphatic rings. The van der Waals surface area contributed by atoms with Crippen LogP contribution in [-0.2, 0) is 17.8 Å². The number of aromatic nitrogens is 2. The number of carbonyl (C=O) groups excluding carboxylic acids is 1. The Labute approximate surface area is 143 Å². The van der Waals surface area contributed by atoms with Crippen molar-refractivity contribution in [1.29, 1.82) is 0 Å². The Kier molecular flexibility index (Phi) is 4.60. The highest BCUT2D eigenvalue weighted by Crippen LogP contribution is 2.29. The molecule has 3 rings (SSSR count). The number of nitrogens with zero attached hydrogens (tertiary/aromatic N) is 2. The Balaban J connectivity index is 1.72. The third-order valence-electron chi connectivity index (χ3n) is 4.55. The Bertz CT molecular complexity index is 736. The Morgan fingerprint density at radius 1 is 1.33 bits per heavy atom. The number of hydrogen-bond donors (Lipinski definition) is 1. The SMILES string of the molecule is Cc1ccc(C(C)C)c(OC(C)C(=O)N2CCc3[nH]ncc3C2)c1. The maximum Gasteiger partial charge on any atom is 0.263 e. The summed E-state index contributed by atoms with van der Waals surface area (Å²) in [6, 6.07) is 6.19. The van der Waals surface area contributed by atoms with Crippen LogP contribution in [0.2, 0.25) is 0 Å². The minimum Gasteiger partial charge on any atom is -0.481 e. The van der Waals surface area contributed by atoms with Crippen molar-refractivity contribution < 1.29 is 9.53 Å². The van der Waals surface area contributed by atoms with Gasteiger partial charge in [-0.05, 0) is 37.0 Å². The van der Waals surface area contributed by atoms with Gasteiger partial charge in [0, 0.05) is 30.8 Å². The number of fused-ring (bicyclic) bond motifs is 1. The van der Waals surface area contributed by atoms with E-state index < -0.39 is 6.10 Å². The Morgan fingerprint density at radius 2 is 2.12 bits per heavy atom. The second-order valence-corrected chi connectivity index (χ2v) is 6.84. The molecule has 0 saturated heterocycles. The summed E-state index contributed by atoms with van der Waals surface area (Å²) in [7, 11) is 0. The maximum atomic E-state index is 12.8. The van der Waals surface area contributed by atoms with E-state index in [1.807, 2.05) is 24.8 Å². The van der Waals surface area contributed by atoms with Crippen LogP contribution in [0.15, 0.2) is 24.4 Å². The van der Waals surface area contributed by atoms with Gasteiger partial charge >= 0.3 is 0 Å². The van der Waals surface area contributed by atoms with Crippen molar-refractivity contribution in [1.82, 2.24) is 15.1 Å². The molecule has 1 amide bonds. The molecular formula is C19H25N3O2. The summed E-state index contributed by atoms with van der Waals surface area (Å²) in [6.07, 6.45) is 2.12. The van der Waals surface area contributed by atoms with Crippen molar-refractivity contribution in [3.05, 3.63) is 46.8 Å². The van der Waals surface area contributed by atoms with Gasteiger partial charge in [0.05, 0.1) is 6.20 Å². The van der Waals surface area contributed by atoms with Gasteiger partial charge in [-0.25, -0.2) is 0 Å². The van der Waals surface area contributed by atoms with E-state index in [4.69, 9.17) is 4.74 Å². The summed E-state index contributed by atoms with van der Waals surface area (Å²) in [4.78, 5) is 14.6. The zero-order valence-electron chi connectivity index (χ0n) is 14.8. The fourth-order valence-electron chi connectivity index (χ4n) is 3.13. The van der Waals surface area contributed by atoms with Crippen LogP contribution in [0.1, 0.15) is 49.1 Å². The summed E-state index contributed by atoms with van der Waals surface area (Å²) >= 11 is 0. The highest BCUT2D eigenvalue weighted by atomic mass is 16.5. The van der Waals surface area contributed by atoms with Gasteiger partial charge < -0.3 is 9.64 Å². The van der Waals surface area contributed by atoms with Gasteiger partial charge in [0.15, 0.2) is 6.10 Å². The van der Waals surface area contributed by atoms with Crippen LogP contribution in [0.3, 0.4) is 0 Å². The van der Waals surface area contributed by atoms with Crippen LogP contribution in [0.4, 0.5) is 0 Å². The lowest BCUT2D eigenvalue weighted by molar-refractivity contribution is -0.138. The smallest absolute Gasteiger partial charge is 0.263 e. The van der Waals surface area contributed by atoms with Gasteiger partial charge in [-0.15, -0.1) is 0 Å². The Morgan fingerprint density at radius 3 is 2.88 bits per heavy atom. The normalized spacial score (nSPS) is 15.3. The molecule has 1 unspecified atom stereocenters. The van der Waals surface area contributed by atoms with Crippen LogP contribution in [-0.4, -0.2) is 33.7 Å². The monoisotopic (exact) mass is 327 g/mol. The minimum absolute atomic E-state index is 0.0260. The number of H-pyrrole nitrogens is 1. The third kappa shape index (κ3) is 3.30. The summed E-state index contributed by atoms with van der Waals surface area (Å²) in [5.74, 6) is 1.19. The average Bonchev–Trinajstić information content (AvgIpc) is 3.01. The molecule has 1 aromatic carbocycles. The van der Waals surface area contributed by atoms with Gasteiger partial charge in [0.2, 0.25) is 0 Å². The van der Waals surface area contributed by atoms with E-state index in [1.54, 1.807) is 6.20 Å². The topological polar surface area (TPSA) is 58.2 Å². The van der Waals surface area contributed by atoms with Crippen LogP contribution in [0, 0.1) is 6.92 Å². The molecule has 0 aliphatic carbocycles. The molecule has 2 aromatic rings. The maximum absolute atomic E-state index is 12.8. The fraction of sp³-hybridized carbons (Fsp3) is 0.474. The zero-order valence-corrected chi connectivity index (χ0v) is 14.8. The molecule has 0 saturated carbocycles. The van der Waals surface area contributed by atoms with Crippen molar-refractivity contribution in [3.63, 3.8) is 0 Å². The standard InChI is InChI=1S/C19H25N3O2/c1-12(2)16-6-5-13(3)9-18(16)24-14(4)19(23)22-8-7-17-15(11-22)10-20-21-17/h5-6,9-10,12,14H,7-8,11H2,1-4H3,(H,20,21). The van der Waals surface area contributed by atoms with Gasteiger partial charge in [-0.1, -0.05) is 26.0 Å². The molecule has 0 radical (unpaired) electrons. The number of amides is 1. The first-order valence-electron chi connectivity index (χ1n) is 8.53. The molecule has 0 fully saturated rings. The van der Waals surface area contributed by atoms with Gasteiger partial charge in [0.1, 0.15) is 5.75 Å². The molecule has 2 heterocycles. The molecule has 5 nitrogen and oxygen atoms in total. The summed E-state index contributed by atoms with van der Waals surface area (Å²) in [5, 5.41) is 7.05. The number of rotatable bonds is 4. The van der Waals surface area contributed by atoms with Crippen molar-refractivity contribution in [3.8, 4) is 5.75 Å². The van der Waals surface area contributed by atoms with Crippen LogP contribution >= 0.6 is 0 Å². The largest absolute Gasteiger partial charge is 0.481 e. The summed E-state index contributed by atoms with van der Waals surface area (Å²) in [5.41, 5.74) is 4.50. The van der Waals surface area contributed by atoms with E-state index in [0.717, 1.165) is 34.6 Å². The first-order chi connectivity index (χ1) is 11.5. The van der Waals surface area contributed by atoms with Crippen molar-refractivity contribution in [2.75, 3.05) is 6.54 Å². The first-order valence-corrected chi connectivity index (χ1v) is 8.53. The summed E-state index contributed by atoms with van der Waals surface area (Å²) < 4.78 is 6.06. The quantitative estimate of drug-likeness (QED) is 0.938. The number of hydrogen-bond acceptors (Lipinski definition) is 3. The van der Waals surface area contributed by atoms with Crippen molar-refractivity contribution >= 4 is 5.91 Å². The highest BCUT2D eigenvalue weighted by molar-refractivity contribution is 5.81. The second kappa shape index (κ2) is 6.67. The molecular weight excluding hydrogens is 302 g/mol. The lowest BCUT2D eigenvalue weighted by atomic mass is 10.0. The summed E-state index contributed by atoms with van der Waals surface area (Å²) in [6.45, 7) is 9.44. The molecule has 128 valence electrons. The lowest BCUT2D eigenvalue weighted by Gasteiger charge is -2.29. The van der Waals surface area contributed by atoms with E-state index >= 15 is 0 Å². The molecule has 1 aromatic heterocycles. The fourth-order valence-corrected chi connectivity index (χ4v) is 3.13. The molecule has 5 heteroatoms. The number of aromatic amines is 1. The average molecular weight is 327 g/mol. The number of nitrogens with one attached hydrogen (secondary N) is 1.